The van der Waals surface area contributed by atoms with Gasteiger partial charge in [0.1, 0.15) is 5.65 Å². The number of nitrogens with one attached hydrogen (secondary N) is 1. The summed E-state index contributed by atoms with van der Waals surface area (Å²) in [6, 6.07) is 12.1. The summed E-state index contributed by atoms with van der Waals surface area (Å²) in [7, 11) is 0. The van der Waals surface area contributed by atoms with E-state index in [0.29, 0.717) is 24.8 Å². The van der Waals surface area contributed by atoms with E-state index in [1.54, 1.807) is 4.68 Å². The molecule has 152 valence electrons. The van der Waals surface area contributed by atoms with Gasteiger partial charge in [-0.1, -0.05) is 18.2 Å². The van der Waals surface area contributed by atoms with Crippen LogP contribution in [0.25, 0.3) is 16.4 Å². The minimum Gasteiger partial charge on any atom is -0.370 e. The lowest BCUT2D eigenvalue weighted by Crippen LogP contribution is -2.29. The zero-order chi connectivity index (χ0) is 20.1. The maximum atomic E-state index is 13.4. The number of fused-ring (bicyclic) bond motifs is 3. The van der Waals surface area contributed by atoms with E-state index in [4.69, 9.17) is 0 Å². The predicted molar refractivity (Wildman–Crippen MR) is 117 cm³/mol. The second-order valence-corrected chi connectivity index (χ2v) is 8.45. The van der Waals surface area contributed by atoms with Gasteiger partial charge < -0.3 is 14.6 Å². The van der Waals surface area contributed by atoms with E-state index in [-0.39, 0.29) is 5.56 Å². The van der Waals surface area contributed by atoms with Crippen LogP contribution in [0, 0.1) is 11.8 Å². The molecule has 3 aromatic heterocycles. The number of anilines is 1. The first-order valence-corrected chi connectivity index (χ1v) is 10.6. The first-order valence-electron chi connectivity index (χ1n) is 10.6. The Morgan fingerprint density at radius 3 is 2.77 bits per heavy atom. The summed E-state index contributed by atoms with van der Waals surface area (Å²) in [5, 5.41) is 9.63. The maximum Gasteiger partial charge on any atom is 0.276 e. The van der Waals surface area contributed by atoms with Crippen LogP contribution >= 0.6 is 0 Å². The van der Waals surface area contributed by atoms with Crippen LogP contribution in [0.3, 0.4) is 0 Å². The monoisotopic (exact) mass is 400 g/mol. The Balaban J connectivity index is 1.32. The topological polar surface area (TPSA) is 67.5 Å². The Labute approximate surface area is 174 Å². The van der Waals surface area contributed by atoms with Gasteiger partial charge >= 0.3 is 0 Å². The normalized spacial score (nSPS) is 21.0. The Morgan fingerprint density at radius 2 is 1.93 bits per heavy atom. The van der Waals surface area contributed by atoms with Crippen molar-refractivity contribution in [3.63, 3.8) is 0 Å². The van der Waals surface area contributed by atoms with Gasteiger partial charge in [-0.05, 0) is 30.0 Å². The van der Waals surface area contributed by atoms with E-state index in [0.717, 1.165) is 54.0 Å². The number of aromatic nitrogens is 4. The Kier molecular flexibility index (Phi) is 4.09. The molecule has 0 spiro atoms. The van der Waals surface area contributed by atoms with Crippen LogP contribution in [-0.4, -0.2) is 45.3 Å². The summed E-state index contributed by atoms with van der Waals surface area (Å²) in [5.74, 6) is 1.36. The molecule has 7 nitrogen and oxygen atoms in total. The van der Waals surface area contributed by atoms with Crippen molar-refractivity contribution in [2.75, 3.05) is 31.1 Å². The summed E-state index contributed by atoms with van der Waals surface area (Å²) in [6.45, 7) is 4.70. The molecule has 2 unspecified atom stereocenters. The van der Waals surface area contributed by atoms with Crippen LogP contribution in [0.1, 0.15) is 5.69 Å². The lowest BCUT2D eigenvalue weighted by molar-refractivity contribution is 0.533. The highest BCUT2D eigenvalue weighted by molar-refractivity contribution is 5.93. The minimum absolute atomic E-state index is 0.0120. The summed E-state index contributed by atoms with van der Waals surface area (Å²) < 4.78 is 3.59. The van der Waals surface area contributed by atoms with Crippen LogP contribution in [0.5, 0.6) is 0 Å². The van der Waals surface area contributed by atoms with E-state index in [2.05, 4.69) is 26.4 Å². The van der Waals surface area contributed by atoms with Gasteiger partial charge in [-0.15, -0.1) is 0 Å². The molecule has 2 saturated heterocycles. The summed E-state index contributed by atoms with van der Waals surface area (Å²) in [4.78, 5) is 20.4. The second kappa shape index (κ2) is 6.95. The van der Waals surface area contributed by atoms with E-state index in [9.17, 15) is 4.79 Å². The van der Waals surface area contributed by atoms with Crippen molar-refractivity contribution in [2.45, 2.75) is 13.0 Å². The molecule has 1 N–H and O–H groups in total. The van der Waals surface area contributed by atoms with Gasteiger partial charge in [0.15, 0.2) is 0 Å². The zero-order valence-corrected chi connectivity index (χ0v) is 16.7. The number of rotatable bonds is 4. The van der Waals surface area contributed by atoms with Gasteiger partial charge in [0.25, 0.3) is 5.56 Å². The molecule has 0 amide bonds. The average Bonchev–Trinajstić information content (AvgIpc) is 3.47. The van der Waals surface area contributed by atoms with Crippen LogP contribution in [0.2, 0.25) is 0 Å². The summed E-state index contributed by atoms with van der Waals surface area (Å²) in [6.07, 6.45) is 6.49. The average molecular weight is 400 g/mol. The third kappa shape index (κ3) is 2.89. The van der Waals surface area contributed by atoms with Gasteiger partial charge in [-0.25, -0.2) is 9.67 Å². The van der Waals surface area contributed by atoms with Crippen molar-refractivity contribution >= 4 is 22.1 Å². The number of nitrogens with zero attached hydrogens (tertiary/aromatic N) is 5. The second-order valence-electron chi connectivity index (χ2n) is 8.45. The molecule has 0 aliphatic carbocycles. The molecule has 1 aromatic carbocycles. The number of aryl methyl sites for hydroxylation is 2. The lowest BCUT2D eigenvalue weighted by atomic mass is 10.0. The number of hydrogen-bond donors (Lipinski definition) is 1. The van der Waals surface area contributed by atoms with Crippen molar-refractivity contribution in [1.82, 2.24) is 24.5 Å². The minimum atomic E-state index is -0.0120. The molecule has 0 bridgehead atoms. The van der Waals surface area contributed by atoms with Crippen molar-refractivity contribution < 1.29 is 0 Å². The van der Waals surface area contributed by atoms with Crippen molar-refractivity contribution in [3.05, 3.63) is 71.0 Å². The molecule has 4 aromatic rings. The van der Waals surface area contributed by atoms with Crippen LogP contribution in [0.15, 0.2) is 59.8 Å². The number of benzene rings is 1. The summed E-state index contributed by atoms with van der Waals surface area (Å²) >= 11 is 0. The van der Waals surface area contributed by atoms with Crippen LogP contribution < -0.4 is 15.8 Å². The molecule has 0 radical (unpaired) electrons. The standard InChI is InChI=1S/C23H24N6O/c30-23-22-16(4-3-5-20(22)28-13-17-10-24-11-18(17)14-28)12-25-29(23)9-7-19-15-27-8-2-1-6-21(27)26-19/h1-6,8,12,15,17-18,24H,7,9-11,13-14H2. The fourth-order valence-corrected chi connectivity index (χ4v) is 5.01. The van der Waals surface area contributed by atoms with E-state index in [1.165, 1.54) is 0 Å². The maximum absolute atomic E-state index is 13.4. The van der Waals surface area contributed by atoms with Crippen molar-refractivity contribution in [3.8, 4) is 0 Å². The molecule has 0 saturated carbocycles. The zero-order valence-electron chi connectivity index (χ0n) is 16.7. The van der Waals surface area contributed by atoms with E-state index >= 15 is 0 Å². The smallest absolute Gasteiger partial charge is 0.276 e. The molecule has 6 rings (SSSR count). The Hall–Kier alpha value is -3.19. The predicted octanol–water partition coefficient (Wildman–Crippen LogP) is 1.94. The lowest BCUT2D eigenvalue weighted by Gasteiger charge is -2.21. The summed E-state index contributed by atoms with van der Waals surface area (Å²) in [5.41, 5.74) is 2.92. The molecule has 2 atom stereocenters. The highest BCUT2D eigenvalue weighted by Gasteiger charge is 2.36. The quantitative estimate of drug-likeness (QED) is 0.567. The van der Waals surface area contributed by atoms with Crippen molar-refractivity contribution in [2.24, 2.45) is 11.8 Å². The van der Waals surface area contributed by atoms with Crippen molar-refractivity contribution in [1.29, 1.82) is 0 Å². The van der Waals surface area contributed by atoms with E-state index in [1.807, 2.05) is 53.3 Å². The van der Waals surface area contributed by atoms with E-state index < -0.39 is 0 Å². The Bertz CT molecular complexity index is 1250. The first-order chi connectivity index (χ1) is 14.8. The first kappa shape index (κ1) is 17.7. The molecule has 5 heterocycles. The molecule has 30 heavy (non-hydrogen) atoms. The Morgan fingerprint density at radius 1 is 1.07 bits per heavy atom. The molecule has 2 aliphatic heterocycles. The SMILES string of the molecule is O=c1c2c(N3CC4CNCC4C3)cccc2cnn1CCc1cn2ccccc2n1. The number of imidazole rings is 1. The van der Waals surface area contributed by atoms with Gasteiger partial charge in [0.2, 0.25) is 0 Å². The fourth-order valence-electron chi connectivity index (χ4n) is 5.01. The largest absolute Gasteiger partial charge is 0.370 e. The van der Waals surface area contributed by atoms with Gasteiger partial charge in [0.05, 0.1) is 29.5 Å². The van der Waals surface area contributed by atoms with Gasteiger partial charge in [0, 0.05) is 50.4 Å². The van der Waals surface area contributed by atoms with Crippen LogP contribution in [0.4, 0.5) is 5.69 Å². The van der Waals surface area contributed by atoms with Gasteiger partial charge in [-0.2, -0.15) is 5.10 Å². The molecule has 7 heteroatoms. The fraction of sp³-hybridized carbons (Fsp3) is 0.348. The number of hydrogen-bond acceptors (Lipinski definition) is 5. The molecular weight excluding hydrogens is 376 g/mol. The van der Waals surface area contributed by atoms with Crippen LogP contribution in [-0.2, 0) is 13.0 Å². The molecule has 2 aliphatic rings. The molecule has 2 fully saturated rings. The highest BCUT2D eigenvalue weighted by Crippen LogP contribution is 2.33. The number of pyridine rings is 1. The highest BCUT2D eigenvalue weighted by atomic mass is 16.1. The third-order valence-corrected chi connectivity index (χ3v) is 6.58. The van der Waals surface area contributed by atoms with Gasteiger partial charge in [-0.3, -0.25) is 4.79 Å². The third-order valence-electron chi connectivity index (χ3n) is 6.58. The molecular formula is C23H24N6O.